The molecule has 0 aromatic heterocycles. The topological polar surface area (TPSA) is 38.0 Å². The lowest BCUT2D eigenvalue weighted by Gasteiger charge is -2.17. The highest BCUT2D eigenvalue weighted by molar-refractivity contribution is 7.98. The van der Waals surface area contributed by atoms with E-state index in [0.717, 1.165) is 11.1 Å². The fourth-order valence-corrected chi connectivity index (χ4v) is 2.24. The molecule has 18 heavy (non-hydrogen) atoms. The quantitative estimate of drug-likeness (QED) is 0.505. The Kier molecular flexibility index (Phi) is 4.36. The van der Waals surface area contributed by atoms with Gasteiger partial charge >= 0.3 is 0 Å². The second-order valence-corrected chi connectivity index (χ2v) is 4.80. The molecule has 2 aromatic rings. The van der Waals surface area contributed by atoms with E-state index in [0.29, 0.717) is 0 Å². The first-order valence-corrected chi connectivity index (χ1v) is 6.82. The molecular formula is C14H15FN2S. The first-order chi connectivity index (χ1) is 8.74. The van der Waals surface area contributed by atoms with Gasteiger partial charge in [0.05, 0.1) is 6.04 Å². The van der Waals surface area contributed by atoms with Gasteiger partial charge in [-0.3, -0.25) is 5.84 Å². The van der Waals surface area contributed by atoms with Crippen molar-refractivity contribution in [3.63, 3.8) is 0 Å². The van der Waals surface area contributed by atoms with Crippen LogP contribution in [-0.2, 0) is 0 Å². The molecule has 0 amide bonds. The molecule has 1 atom stereocenters. The first-order valence-electron chi connectivity index (χ1n) is 5.60. The molecule has 4 heteroatoms. The van der Waals surface area contributed by atoms with Crippen molar-refractivity contribution in [3.8, 4) is 0 Å². The van der Waals surface area contributed by atoms with Gasteiger partial charge in [-0.05, 0) is 41.6 Å². The number of hydrazine groups is 1. The van der Waals surface area contributed by atoms with Crippen molar-refractivity contribution in [2.24, 2.45) is 5.84 Å². The van der Waals surface area contributed by atoms with Gasteiger partial charge in [-0.2, -0.15) is 0 Å². The van der Waals surface area contributed by atoms with Crippen LogP contribution < -0.4 is 11.3 Å². The van der Waals surface area contributed by atoms with E-state index in [1.165, 1.54) is 17.0 Å². The summed E-state index contributed by atoms with van der Waals surface area (Å²) in [5.41, 5.74) is 4.76. The van der Waals surface area contributed by atoms with Crippen LogP contribution in [0.5, 0.6) is 0 Å². The van der Waals surface area contributed by atoms with Crippen molar-refractivity contribution >= 4 is 11.8 Å². The summed E-state index contributed by atoms with van der Waals surface area (Å²) in [4.78, 5) is 1.20. The molecule has 0 saturated heterocycles. The highest BCUT2D eigenvalue weighted by atomic mass is 32.2. The van der Waals surface area contributed by atoms with E-state index in [1.54, 1.807) is 23.9 Å². The van der Waals surface area contributed by atoms with E-state index >= 15 is 0 Å². The molecular weight excluding hydrogens is 247 g/mol. The molecule has 0 aliphatic carbocycles. The Morgan fingerprint density at radius 1 is 1.00 bits per heavy atom. The van der Waals surface area contributed by atoms with Crippen LogP contribution in [-0.4, -0.2) is 6.26 Å². The van der Waals surface area contributed by atoms with Gasteiger partial charge in [0.15, 0.2) is 0 Å². The van der Waals surface area contributed by atoms with Crippen LogP contribution in [0.4, 0.5) is 4.39 Å². The van der Waals surface area contributed by atoms with E-state index in [-0.39, 0.29) is 11.9 Å². The Balaban J connectivity index is 2.29. The molecule has 2 nitrogen and oxygen atoms in total. The molecule has 0 fully saturated rings. The molecule has 0 saturated carbocycles. The maximum absolute atomic E-state index is 12.9. The molecule has 0 bridgehead atoms. The normalized spacial score (nSPS) is 12.4. The summed E-state index contributed by atoms with van der Waals surface area (Å²) in [5, 5.41) is 0. The molecule has 0 radical (unpaired) electrons. The minimum atomic E-state index is -0.243. The second kappa shape index (κ2) is 6.00. The molecule has 2 rings (SSSR count). The second-order valence-electron chi connectivity index (χ2n) is 3.92. The number of hydrogen-bond acceptors (Lipinski definition) is 3. The van der Waals surface area contributed by atoms with Gasteiger partial charge in [0.25, 0.3) is 0 Å². The zero-order valence-electron chi connectivity index (χ0n) is 10.1. The van der Waals surface area contributed by atoms with Crippen LogP contribution in [0, 0.1) is 5.82 Å². The number of halogens is 1. The van der Waals surface area contributed by atoms with Crippen LogP contribution in [0.15, 0.2) is 53.4 Å². The Hall–Kier alpha value is -1.36. The van der Waals surface area contributed by atoms with Crippen LogP contribution in [0.25, 0.3) is 0 Å². The summed E-state index contributed by atoms with van der Waals surface area (Å²) >= 11 is 1.69. The minimum absolute atomic E-state index is 0.124. The number of benzene rings is 2. The lowest BCUT2D eigenvalue weighted by atomic mass is 9.99. The molecule has 1 unspecified atom stereocenters. The average Bonchev–Trinajstić information content (AvgIpc) is 2.42. The predicted molar refractivity (Wildman–Crippen MR) is 73.8 cm³/mol. The monoisotopic (exact) mass is 262 g/mol. The van der Waals surface area contributed by atoms with Crippen molar-refractivity contribution in [2.75, 3.05) is 6.26 Å². The largest absolute Gasteiger partial charge is 0.271 e. The van der Waals surface area contributed by atoms with E-state index < -0.39 is 0 Å². The van der Waals surface area contributed by atoms with Gasteiger partial charge in [-0.25, -0.2) is 9.82 Å². The summed E-state index contributed by atoms with van der Waals surface area (Å²) < 4.78 is 12.9. The van der Waals surface area contributed by atoms with Crippen molar-refractivity contribution in [3.05, 3.63) is 65.5 Å². The van der Waals surface area contributed by atoms with Gasteiger partial charge in [0.2, 0.25) is 0 Å². The standard InChI is InChI=1S/C14H15FN2S/c1-18-13-8-4-11(5-9-13)14(17-16)10-2-6-12(15)7-3-10/h2-9,14,17H,16H2,1H3. The zero-order chi connectivity index (χ0) is 13.0. The molecule has 2 aromatic carbocycles. The van der Waals surface area contributed by atoms with Gasteiger partial charge in [0.1, 0.15) is 5.82 Å². The summed E-state index contributed by atoms with van der Waals surface area (Å²) in [7, 11) is 0. The Morgan fingerprint density at radius 3 is 1.94 bits per heavy atom. The van der Waals surface area contributed by atoms with Crippen LogP contribution in [0.2, 0.25) is 0 Å². The van der Waals surface area contributed by atoms with Crippen LogP contribution in [0.1, 0.15) is 17.2 Å². The van der Waals surface area contributed by atoms with E-state index in [4.69, 9.17) is 5.84 Å². The molecule has 0 heterocycles. The third-order valence-corrected chi connectivity index (χ3v) is 3.56. The fraction of sp³-hybridized carbons (Fsp3) is 0.143. The summed E-state index contributed by atoms with van der Waals surface area (Å²) in [6.45, 7) is 0. The lowest BCUT2D eigenvalue weighted by Crippen LogP contribution is -2.28. The third-order valence-electron chi connectivity index (χ3n) is 2.82. The number of nitrogens with one attached hydrogen (secondary N) is 1. The third kappa shape index (κ3) is 2.90. The Labute approximate surface area is 110 Å². The summed E-state index contributed by atoms with van der Waals surface area (Å²) in [6.07, 6.45) is 2.04. The molecule has 3 N–H and O–H groups in total. The van der Waals surface area contributed by atoms with Crippen LogP contribution >= 0.6 is 11.8 Å². The van der Waals surface area contributed by atoms with Gasteiger partial charge in [-0.15, -0.1) is 11.8 Å². The molecule has 0 aliphatic rings. The zero-order valence-corrected chi connectivity index (χ0v) is 10.9. The predicted octanol–water partition coefficient (Wildman–Crippen LogP) is 3.10. The van der Waals surface area contributed by atoms with Crippen molar-refractivity contribution in [1.82, 2.24) is 5.43 Å². The van der Waals surface area contributed by atoms with E-state index in [9.17, 15) is 4.39 Å². The Morgan fingerprint density at radius 2 is 1.50 bits per heavy atom. The maximum Gasteiger partial charge on any atom is 0.123 e. The summed E-state index contributed by atoms with van der Waals surface area (Å²) in [5.74, 6) is 5.35. The molecule has 94 valence electrons. The average molecular weight is 262 g/mol. The SMILES string of the molecule is CSc1ccc(C(NN)c2ccc(F)cc2)cc1. The van der Waals surface area contributed by atoms with E-state index in [1.807, 2.05) is 30.5 Å². The van der Waals surface area contributed by atoms with Crippen molar-refractivity contribution in [2.45, 2.75) is 10.9 Å². The molecule has 0 spiro atoms. The van der Waals surface area contributed by atoms with Crippen molar-refractivity contribution in [1.29, 1.82) is 0 Å². The number of nitrogens with two attached hydrogens (primary N) is 1. The van der Waals surface area contributed by atoms with E-state index in [2.05, 4.69) is 5.43 Å². The number of hydrogen-bond donors (Lipinski definition) is 2. The van der Waals surface area contributed by atoms with Crippen LogP contribution in [0.3, 0.4) is 0 Å². The highest BCUT2D eigenvalue weighted by Crippen LogP contribution is 2.24. The first kappa shape index (κ1) is 13.1. The Bertz CT molecular complexity index is 496. The maximum atomic E-state index is 12.9. The smallest absolute Gasteiger partial charge is 0.123 e. The minimum Gasteiger partial charge on any atom is -0.271 e. The van der Waals surface area contributed by atoms with Gasteiger partial charge in [-0.1, -0.05) is 24.3 Å². The number of rotatable bonds is 4. The van der Waals surface area contributed by atoms with Gasteiger partial charge < -0.3 is 0 Å². The lowest BCUT2D eigenvalue weighted by molar-refractivity contribution is 0.615. The van der Waals surface area contributed by atoms with Crippen molar-refractivity contribution < 1.29 is 4.39 Å². The molecule has 0 aliphatic heterocycles. The fourth-order valence-electron chi connectivity index (χ4n) is 1.84. The summed E-state index contributed by atoms with van der Waals surface area (Å²) in [6, 6.07) is 14.4. The highest BCUT2D eigenvalue weighted by Gasteiger charge is 2.12. The van der Waals surface area contributed by atoms with Gasteiger partial charge in [0, 0.05) is 4.90 Å². The number of thioether (sulfide) groups is 1.